The van der Waals surface area contributed by atoms with Crippen molar-refractivity contribution in [1.29, 1.82) is 0 Å². The Bertz CT molecular complexity index is 966. The van der Waals surface area contributed by atoms with E-state index < -0.39 is 0 Å². The summed E-state index contributed by atoms with van der Waals surface area (Å²) in [5.74, 6) is -0.0548. The van der Waals surface area contributed by atoms with E-state index >= 15 is 0 Å². The van der Waals surface area contributed by atoms with E-state index in [0.29, 0.717) is 24.8 Å². The standard InChI is InChI=1S/C20H22N4O2/c1-14-7-5-8-16-19(14)22-13-24(20(16)26)12-6-10-18(25)23-15(2)17-9-3-4-11-21-17/h3-5,7-9,11,13,15H,6,10,12H2,1-2H3,(H,23,25). The van der Waals surface area contributed by atoms with Crippen LogP contribution in [0.3, 0.4) is 0 Å². The van der Waals surface area contributed by atoms with Gasteiger partial charge >= 0.3 is 0 Å². The zero-order chi connectivity index (χ0) is 18.5. The predicted octanol–water partition coefficient (Wildman–Crippen LogP) is 2.76. The van der Waals surface area contributed by atoms with Crippen molar-refractivity contribution in [2.45, 2.75) is 39.3 Å². The van der Waals surface area contributed by atoms with Crippen LogP contribution in [0.4, 0.5) is 0 Å². The molecular formula is C20H22N4O2. The monoisotopic (exact) mass is 350 g/mol. The summed E-state index contributed by atoms with van der Waals surface area (Å²) in [4.78, 5) is 33.3. The normalized spacial score (nSPS) is 12.1. The van der Waals surface area contributed by atoms with Crippen LogP contribution in [0.25, 0.3) is 10.9 Å². The highest BCUT2D eigenvalue weighted by molar-refractivity contribution is 5.80. The molecule has 1 N–H and O–H groups in total. The van der Waals surface area contributed by atoms with E-state index in [9.17, 15) is 9.59 Å². The van der Waals surface area contributed by atoms with Crippen LogP contribution < -0.4 is 10.9 Å². The molecule has 134 valence electrons. The molecule has 3 rings (SSSR count). The van der Waals surface area contributed by atoms with Gasteiger partial charge in [-0.05, 0) is 44.0 Å². The molecule has 0 bridgehead atoms. The molecule has 6 nitrogen and oxygen atoms in total. The van der Waals surface area contributed by atoms with E-state index in [4.69, 9.17) is 0 Å². The fourth-order valence-electron chi connectivity index (χ4n) is 2.93. The van der Waals surface area contributed by atoms with Crippen LogP contribution in [0.5, 0.6) is 0 Å². The summed E-state index contributed by atoms with van der Waals surface area (Å²) < 4.78 is 1.57. The Hall–Kier alpha value is -3.02. The van der Waals surface area contributed by atoms with Crippen molar-refractivity contribution in [2.24, 2.45) is 0 Å². The van der Waals surface area contributed by atoms with E-state index in [1.54, 1.807) is 23.2 Å². The Morgan fingerprint density at radius 2 is 2.04 bits per heavy atom. The van der Waals surface area contributed by atoms with Gasteiger partial charge in [-0.1, -0.05) is 18.2 Å². The maximum atomic E-state index is 12.5. The van der Waals surface area contributed by atoms with Crippen LogP contribution in [0.2, 0.25) is 0 Å². The van der Waals surface area contributed by atoms with E-state index in [-0.39, 0.29) is 17.5 Å². The lowest BCUT2D eigenvalue weighted by Gasteiger charge is -2.13. The third-order valence-electron chi connectivity index (χ3n) is 4.37. The second kappa shape index (κ2) is 7.91. The molecule has 0 spiro atoms. The Morgan fingerprint density at radius 3 is 2.81 bits per heavy atom. The number of rotatable bonds is 6. The Labute approximate surface area is 151 Å². The first-order valence-electron chi connectivity index (χ1n) is 8.71. The second-order valence-electron chi connectivity index (χ2n) is 6.36. The van der Waals surface area contributed by atoms with Gasteiger partial charge in [0.1, 0.15) is 0 Å². The molecule has 0 saturated carbocycles. The van der Waals surface area contributed by atoms with Crippen LogP contribution in [-0.4, -0.2) is 20.4 Å². The first-order valence-corrected chi connectivity index (χ1v) is 8.71. The fourth-order valence-corrected chi connectivity index (χ4v) is 2.93. The number of carbonyl (C=O) groups is 1. The molecular weight excluding hydrogens is 328 g/mol. The zero-order valence-corrected chi connectivity index (χ0v) is 15.0. The van der Waals surface area contributed by atoms with Crippen molar-refractivity contribution in [3.8, 4) is 0 Å². The van der Waals surface area contributed by atoms with Gasteiger partial charge in [0.25, 0.3) is 5.56 Å². The Morgan fingerprint density at radius 1 is 1.19 bits per heavy atom. The van der Waals surface area contributed by atoms with Gasteiger partial charge in [0.2, 0.25) is 5.91 Å². The molecule has 2 aromatic heterocycles. The zero-order valence-electron chi connectivity index (χ0n) is 15.0. The number of nitrogens with zero attached hydrogens (tertiary/aromatic N) is 3. The summed E-state index contributed by atoms with van der Waals surface area (Å²) >= 11 is 0. The molecule has 1 aromatic carbocycles. The summed E-state index contributed by atoms with van der Waals surface area (Å²) in [6.07, 6.45) is 4.18. The molecule has 1 amide bonds. The minimum atomic E-state index is -0.142. The summed E-state index contributed by atoms with van der Waals surface area (Å²) in [5.41, 5.74) is 2.47. The number of aromatic nitrogens is 3. The number of para-hydroxylation sites is 1. The van der Waals surface area contributed by atoms with Gasteiger partial charge in [0.15, 0.2) is 0 Å². The minimum absolute atomic E-state index is 0.0548. The van der Waals surface area contributed by atoms with Gasteiger partial charge < -0.3 is 5.32 Å². The number of hydrogen-bond donors (Lipinski definition) is 1. The van der Waals surface area contributed by atoms with E-state index in [2.05, 4.69) is 15.3 Å². The Balaban J connectivity index is 1.58. The second-order valence-corrected chi connectivity index (χ2v) is 6.36. The topological polar surface area (TPSA) is 76.9 Å². The summed E-state index contributed by atoms with van der Waals surface area (Å²) in [6, 6.07) is 11.1. The SMILES string of the molecule is Cc1cccc2c(=O)n(CCCC(=O)NC(C)c3ccccn3)cnc12. The van der Waals surface area contributed by atoms with E-state index in [1.807, 2.05) is 44.2 Å². The molecule has 6 heteroatoms. The molecule has 0 fully saturated rings. The highest BCUT2D eigenvalue weighted by Gasteiger charge is 2.11. The summed E-state index contributed by atoms with van der Waals surface area (Å²) in [6.45, 7) is 4.30. The van der Waals surface area contributed by atoms with Gasteiger partial charge in [-0.2, -0.15) is 0 Å². The van der Waals surface area contributed by atoms with Crippen molar-refractivity contribution in [2.75, 3.05) is 0 Å². The molecule has 2 heterocycles. The largest absolute Gasteiger partial charge is 0.348 e. The molecule has 0 aliphatic rings. The molecule has 0 saturated heterocycles. The van der Waals surface area contributed by atoms with Gasteiger partial charge in [0.05, 0.1) is 29.0 Å². The number of nitrogens with one attached hydrogen (secondary N) is 1. The number of aryl methyl sites for hydroxylation is 2. The van der Waals surface area contributed by atoms with Gasteiger partial charge in [-0.3, -0.25) is 19.1 Å². The average molecular weight is 350 g/mol. The number of hydrogen-bond acceptors (Lipinski definition) is 4. The minimum Gasteiger partial charge on any atom is -0.348 e. The van der Waals surface area contributed by atoms with Crippen molar-refractivity contribution >= 4 is 16.8 Å². The maximum Gasteiger partial charge on any atom is 0.261 e. The van der Waals surface area contributed by atoms with Crippen LogP contribution in [0.15, 0.2) is 53.7 Å². The number of fused-ring (bicyclic) bond motifs is 1. The molecule has 1 unspecified atom stereocenters. The number of pyridine rings is 1. The number of benzene rings is 1. The lowest BCUT2D eigenvalue weighted by molar-refractivity contribution is -0.121. The average Bonchev–Trinajstić information content (AvgIpc) is 2.65. The van der Waals surface area contributed by atoms with Gasteiger partial charge in [-0.25, -0.2) is 4.98 Å². The molecule has 3 aromatic rings. The molecule has 1 atom stereocenters. The maximum absolute atomic E-state index is 12.5. The summed E-state index contributed by atoms with van der Waals surface area (Å²) in [5, 5.41) is 3.54. The van der Waals surface area contributed by atoms with Gasteiger partial charge in [-0.15, -0.1) is 0 Å². The number of amides is 1. The highest BCUT2D eigenvalue weighted by Crippen LogP contribution is 2.12. The van der Waals surface area contributed by atoms with Crippen LogP contribution >= 0.6 is 0 Å². The third kappa shape index (κ3) is 3.96. The highest BCUT2D eigenvalue weighted by atomic mass is 16.1. The molecule has 26 heavy (non-hydrogen) atoms. The third-order valence-corrected chi connectivity index (χ3v) is 4.37. The first-order chi connectivity index (χ1) is 12.6. The van der Waals surface area contributed by atoms with Crippen LogP contribution in [-0.2, 0) is 11.3 Å². The van der Waals surface area contributed by atoms with Gasteiger partial charge in [0, 0.05) is 19.2 Å². The quantitative estimate of drug-likeness (QED) is 0.741. The van der Waals surface area contributed by atoms with Crippen LogP contribution in [0, 0.1) is 6.92 Å². The lowest BCUT2D eigenvalue weighted by atomic mass is 10.1. The van der Waals surface area contributed by atoms with E-state index in [1.165, 1.54) is 0 Å². The van der Waals surface area contributed by atoms with Crippen molar-refractivity contribution in [3.63, 3.8) is 0 Å². The molecule has 0 radical (unpaired) electrons. The van der Waals surface area contributed by atoms with Crippen molar-refractivity contribution in [3.05, 3.63) is 70.5 Å². The first kappa shape index (κ1) is 17.8. The fraction of sp³-hybridized carbons (Fsp3) is 0.300. The predicted molar refractivity (Wildman–Crippen MR) is 101 cm³/mol. The molecule has 0 aliphatic heterocycles. The lowest BCUT2D eigenvalue weighted by Crippen LogP contribution is -2.28. The number of carbonyl (C=O) groups excluding carboxylic acids is 1. The summed E-state index contributed by atoms with van der Waals surface area (Å²) in [7, 11) is 0. The van der Waals surface area contributed by atoms with Crippen molar-refractivity contribution in [1.82, 2.24) is 19.9 Å². The van der Waals surface area contributed by atoms with Crippen molar-refractivity contribution < 1.29 is 4.79 Å². The Kier molecular flexibility index (Phi) is 5.41. The van der Waals surface area contributed by atoms with Crippen LogP contribution in [0.1, 0.15) is 37.1 Å². The molecule has 0 aliphatic carbocycles. The van der Waals surface area contributed by atoms with E-state index in [0.717, 1.165) is 16.8 Å². The smallest absolute Gasteiger partial charge is 0.261 e.